The Hall–Kier alpha value is -2.46. The van der Waals surface area contributed by atoms with Crippen molar-refractivity contribution in [3.63, 3.8) is 0 Å². The van der Waals surface area contributed by atoms with Crippen molar-refractivity contribution in [2.45, 2.75) is 31.6 Å². The molecule has 148 valence electrons. The largest absolute Gasteiger partial charge is 0.436 e. The number of aryl methyl sites for hydroxylation is 1. The minimum Gasteiger partial charge on any atom is -0.436 e. The molecule has 0 radical (unpaired) electrons. The fourth-order valence-electron chi connectivity index (χ4n) is 3.51. The lowest BCUT2D eigenvalue weighted by Gasteiger charge is -2.30. The number of nitrogens with one attached hydrogen (secondary N) is 1. The van der Waals surface area contributed by atoms with Crippen LogP contribution in [0, 0.1) is 12.8 Å². The Balaban J connectivity index is 1.80. The normalized spacial score (nSPS) is 24.8. The quantitative estimate of drug-likeness (QED) is 0.322. The van der Waals surface area contributed by atoms with Gasteiger partial charge in [-0.1, -0.05) is 17.7 Å². The molecule has 0 saturated heterocycles. The van der Waals surface area contributed by atoms with Crippen LogP contribution in [-0.2, 0) is 0 Å². The molecular formula is C18H20ClN5O4. The summed E-state index contributed by atoms with van der Waals surface area (Å²) in [7, 11) is 0. The van der Waals surface area contributed by atoms with Gasteiger partial charge in [-0.25, -0.2) is 9.97 Å². The van der Waals surface area contributed by atoms with Crippen LogP contribution >= 0.6 is 11.6 Å². The Morgan fingerprint density at radius 3 is 2.86 bits per heavy atom. The topological polar surface area (TPSA) is 151 Å². The first-order valence-electron chi connectivity index (χ1n) is 8.81. The zero-order valence-corrected chi connectivity index (χ0v) is 15.8. The summed E-state index contributed by atoms with van der Waals surface area (Å²) in [6.45, 7) is 1.70. The van der Waals surface area contributed by atoms with E-state index in [1.54, 1.807) is 6.07 Å². The number of nitrogens with two attached hydrogens (primary N) is 1. The number of benzene rings is 1. The van der Waals surface area contributed by atoms with Gasteiger partial charge in [0.05, 0.1) is 0 Å². The van der Waals surface area contributed by atoms with E-state index in [2.05, 4.69) is 20.3 Å². The van der Waals surface area contributed by atoms with E-state index in [9.17, 15) is 15.3 Å². The Kier molecular flexibility index (Phi) is 4.62. The van der Waals surface area contributed by atoms with Gasteiger partial charge in [0.15, 0.2) is 11.3 Å². The predicted molar refractivity (Wildman–Crippen MR) is 104 cm³/mol. The minimum atomic E-state index is -1.71. The first-order chi connectivity index (χ1) is 13.3. The lowest BCUT2D eigenvalue weighted by Crippen LogP contribution is -2.48. The molecule has 4 rings (SSSR count). The summed E-state index contributed by atoms with van der Waals surface area (Å²) in [6, 6.07) is 5.55. The van der Waals surface area contributed by atoms with Gasteiger partial charge in [0.25, 0.3) is 0 Å². The maximum Gasteiger partial charge on any atom is 0.234 e. The number of nitrogen functional groups attached to an aromatic ring is 1. The molecule has 3 atom stereocenters. The van der Waals surface area contributed by atoms with E-state index in [-0.39, 0.29) is 41.4 Å². The fraction of sp³-hybridized carbons (Fsp3) is 0.389. The van der Waals surface area contributed by atoms with Gasteiger partial charge in [0, 0.05) is 12.5 Å². The number of anilines is 2. The highest BCUT2D eigenvalue weighted by Gasteiger charge is 2.47. The molecule has 1 fully saturated rings. The molecule has 28 heavy (non-hydrogen) atoms. The number of rotatable bonds is 4. The minimum absolute atomic E-state index is 0.00641. The zero-order valence-electron chi connectivity index (χ0n) is 15.1. The molecule has 10 heteroatoms. The van der Waals surface area contributed by atoms with Crippen molar-refractivity contribution in [3.05, 3.63) is 28.9 Å². The number of oxazole rings is 1. The molecule has 2 heterocycles. The summed E-state index contributed by atoms with van der Waals surface area (Å²) in [5.74, 6) is -0.329. The van der Waals surface area contributed by atoms with E-state index < -0.39 is 17.7 Å². The Labute approximate surface area is 165 Å². The van der Waals surface area contributed by atoms with Gasteiger partial charge in [-0.3, -0.25) is 0 Å². The molecular weight excluding hydrogens is 386 g/mol. The van der Waals surface area contributed by atoms with Crippen molar-refractivity contribution < 1.29 is 19.7 Å². The molecule has 9 nitrogen and oxygen atoms in total. The number of aromatic nitrogens is 3. The second-order valence-corrected chi connectivity index (χ2v) is 7.42. The number of fused-ring (bicyclic) bond motifs is 1. The summed E-state index contributed by atoms with van der Waals surface area (Å²) in [6.07, 6.45) is -0.563. The molecule has 0 amide bonds. The number of aliphatic hydroxyl groups is 3. The molecule has 3 unspecified atom stereocenters. The predicted octanol–water partition coefficient (Wildman–Crippen LogP) is 1.69. The van der Waals surface area contributed by atoms with E-state index in [1.807, 2.05) is 19.1 Å². The van der Waals surface area contributed by atoms with Crippen LogP contribution < -0.4 is 11.1 Å². The Bertz CT molecular complexity index is 1040. The highest BCUT2D eigenvalue weighted by atomic mass is 35.5. The van der Waals surface area contributed by atoms with Crippen LogP contribution in [-0.4, -0.2) is 48.7 Å². The van der Waals surface area contributed by atoms with E-state index in [0.29, 0.717) is 17.5 Å². The molecule has 0 aliphatic heterocycles. The molecule has 1 saturated carbocycles. The van der Waals surface area contributed by atoms with Crippen molar-refractivity contribution in [2.24, 2.45) is 5.92 Å². The van der Waals surface area contributed by atoms with E-state index in [1.165, 1.54) is 0 Å². The highest BCUT2D eigenvalue weighted by molar-refractivity contribution is 6.32. The molecule has 2 aromatic heterocycles. The van der Waals surface area contributed by atoms with Gasteiger partial charge in [-0.05, 0) is 37.5 Å². The number of halogens is 1. The lowest BCUT2D eigenvalue weighted by molar-refractivity contribution is -0.0545. The molecule has 6 N–H and O–H groups in total. The van der Waals surface area contributed by atoms with E-state index in [4.69, 9.17) is 21.8 Å². The summed E-state index contributed by atoms with van der Waals surface area (Å²) >= 11 is 6.30. The third kappa shape index (κ3) is 3.16. The van der Waals surface area contributed by atoms with Gasteiger partial charge < -0.3 is 30.8 Å². The monoisotopic (exact) mass is 405 g/mol. The third-order valence-electron chi connectivity index (χ3n) is 5.04. The van der Waals surface area contributed by atoms with Crippen LogP contribution in [0.4, 0.5) is 11.8 Å². The van der Waals surface area contributed by atoms with Crippen molar-refractivity contribution >= 4 is 34.5 Å². The highest BCUT2D eigenvalue weighted by Crippen LogP contribution is 2.40. The number of hydrogen-bond acceptors (Lipinski definition) is 9. The van der Waals surface area contributed by atoms with Crippen molar-refractivity contribution in [1.82, 2.24) is 15.0 Å². The van der Waals surface area contributed by atoms with E-state index in [0.717, 1.165) is 5.56 Å². The van der Waals surface area contributed by atoms with Gasteiger partial charge in [0.2, 0.25) is 11.8 Å². The Morgan fingerprint density at radius 2 is 2.14 bits per heavy atom. The SMILES string of the molecule is Cc1ccc2oc(-c3c(Cl)nc(N)nc3NC3(O)CCC(CO)C3O)nc2c1. The Morgan fingerprint density at radius 1 is 1.36 bits per heavy atom. The average molecular weight is 406 g/mol. The summed E-state index contributed by atoms with van der Waals surface area (Å²) in [4.78, 5) is 12.5. The first-order valence-corrected chi connectivity index (χ1v) is 9.18. The third-order valence-corrected chi connectivity index (χ3v) is 5.31. The second-order valence-electron chi connectivity index (χ2n) is 7.06. The maximum atomic E-state index is 10.9. The number of hydrogen-bond donors (Lipinski definition) is 5. The maximum absolute atomic E-state index is 10.9. The average Bonchev–Trinajstić information content (AvgIpc) is 3.15. The summed E-state index contributed by atoms with van der Waals surface area (Å²) in [5, 5.41) is 33.4. The van der Waals surface area contributed by atoms with Crippen LogP contribution in [0.3, 0.4) is 0 Å². The van der Waals surface area contributed by atoms with Crippen LogP contribution in [0.15, 0.2) is 22.6 Å². The van der Waals surface area contributed by atoms with Gasteiger partial charge >= 0.3 is 0 Å². The molecule has 0 bridgehead atoms. The zero-order chi connectivity index (χ0) is 20.1. The van der Waals surface area contributed by atoms with Crippen LogP contribution in [0.5, 0.6) is 0 Å². The van der Waals surface area contributed by atoms with Gasteiger partial charge in [0.1, 0.15) is 28.2 Å². The second kappa shape index (κ2) is 6.85. The lowest BCUT2D eigenvalue weighted by atomic mass is 10.0. The molecule has 1 aliphatic carbocycles. The van der Waals surface area contributed by atoms with E-state index >= 15 is 0 Å². The number of nitrogens with zero attached hydrogens (tertiary/aromatic N) is 3. The van der Waals surface area contributed by atoms with Gasteiger partial charge in [-0.15, -0.1) is 0 Å². The fourth-order valence-corrected chi connectivity index (χ4v) is 3.76. The van der Waals surface area contributed by atoms with Crippen molar-refractivity contribution in [2.75, 3.05) is 17.7 Å². The summed E-state index contributed by atoms with van der Waals surface area (Å²) < 4.78 is 5.80. The van der Waals surface area contributed by atoms with Crippen molar-refractivity contribution in [1.29, 1.82) is 0 Å². The van der Waals surface area contributed by atoms with Crippen LogP contribution in [0.25, 0.3) is 22.6 Å². The standard InChI is InChI=1S/C18H20ClN5O4/c1-8-2-3-11-10(6-8)21-16(28-11)12-14(19)22-17(20)23-15(12)24-18(27)5-4-9(7-25)13(18)26/h2-3,6,9,13,25-27H,4-5,7H2,1H3,(H3,20,22,23,24). The first kappa shape index (κ1) is 18.9. The smallest absolute Gasteiger partial charge is 0.234 e. The molecule has 1 aromatic carbocycles. The van der Waals surface area contributed by atoms with Crippen LogP contribution in [0.1, 0.15) is 18.4 Å². The van der Waals surface area contributed by atoms with Crippen molar-refractivity contribution in [3.8, 4) is 11.5 Å². The van der Waals surface area contributed by atoms with Crippen LogP contribution in [0.2, 0.25) is 5.15 Å². The summed E-state index contributed by atoms with van der Waals surface area (Å²) in [5.41, 5.74) is 6.44. The molecule has 0 spiro atoms. The molecule has 1 aliphatic rings. The van der Waals surface area contributed by atoms with Gasteiger partial charge in [-0.2, -0.15) is 4.98 Å². The number of aliphatic hydroxyl groups excluding tert-OH is 2. The molecule has 3 aromatic rings.